The van der Waals surface area contributed by atoms with E-state index in [-0.39, 0.29) is 0 Å². The van der Waals surface area contributed by atoms with Gasteiger partial charge < -0.3 is 4.90 Å². The SMILES string of the molecule is C=CC(=C)c1ccccc1C(=C)N(C)c1ccccc1. The summed E-state index contributed by atoms with van der Waals surface area (Å²) in [6.45, 7) is 12.1. The van der Waals surface area contributed by atoms with E-state index in [1.807, 2.05) is 43.4 Å². The molecule has 1 heteroatoms. The van der Waals surface area contributed by atoms with Gasteiger partial charge in [-0.05, 0) is 23.3 Å². The van der Waals surface area contributed by atoms with Gasteiger partial charge in [0.15, 0.2) is 0 Å². The number of benzene rings is 2. The van der Waals surface area contributed by atoms with Crippen molar-refractivity contribution in [1.29, 1.82) is 0 Å². The van der Waals surface area contributed by atoms with Crippen LogP contribution in [0.4, 0.5) is 5.69 Å². The molecule has 0 aliphatic heterocycles. The fourth-order valence-corrected chi connectivity index (χ4v) is 2.11. The monoisotopic (exact) mass is 261 g/mol. The van der Waals surface area contributed by atoms with Crippen molar-refractivity contribution >= 4 is 17.0 Å². The van der Waals surface area contributed by atoms with Crippen LogP contribution in [0.3, 0.4) is 0 Å². The lowest BCUT2D eigenvalue weighted by molar-refractivity contribution is 1.22. The second kappa shape index (κ2) is 6.07. The normalized spacial score (nSPS) is 9.85. The highest BCUT2D eigenvalue weighted by atomic mass is 15.1. The number of rotatable bonds is 5. The number of para-hydroxylation sites is 1. The van der Waals surface area contributed by atoms with Gasteiger partial charge in [-0.3, -0.25) is 0 Å². The molecule has 2 aromatic carbocycles. The third-order valence-electron chi connectivity index (χ3n) is 3.38. The standard InChI is InChI=1S/C19H19N/c1-5-15(2)18-13-9-10-14-19(18)16(3)20(4)17-11-7-6-8-12-17/h5-14H,1-3H2,4H3. The first-order valence-corrected chi connectivity index (χ1v) is 6.54. The molecule has 0 saturated carbocycles. The van der Waals surface area contributed by atoms with E-state index in [4.69, 9.17) is 0 Å². The Morgan fingerprint density at radius 1 is 0.900 bits per heavy atom. The lowest BCUT2D eigenvalue weighted by Crippen LogP contribution is -2.15. The van der Waals surface area contributed by atoms with Gasteiger partial charge in [-0.1, -0.05) is 68.3 Å². The Balaban J connectivity index is 2.39. The van der Waals surface area contributed by atoms with Gasteiger partial charge in [0, 0.05) is 24.0 Å². The zero-order chi connectivity index (χ0) is 14.5. The molecular weight excluding hydrogens is 242 g/mol. The molecule has 2 aromatic rings. The fourth-order valence-electron chi connectivity index (χ4n) is 2.11. The van der Waals surface area contributed by atoms with Crippen LogP contribution in [0, 0.1) is 0 Å². The first kappa shape index (κ1) is 13.9. The van der Waals surface area contributed by atoms with Crippen LogP contribution >= 0.6 is 0 Å². The molecule has 0 aromatic heterocycles. The minimum Gasteiger partial charge on any atom is -0.345 e. The molecule has 0 amide bonds. The third kappa shape index (κ3) is 2.72. The predicted octanol–water partition coefficient (Wildman–Crippen LogP) is 4.99. The van der Waals surface area contributed by atoms with E-state index < -0.39 is 0 Å². The topological polar surface area (TPSA) is 3.24 Å². The van der Waals surface area contributed by atoms with Gasteiger partial charge in [0.05, 0.1) is 0 Å². The van der Waals surface area contributed by atoms with Crippen molar-refractivity contribution in [2.75, 3.05) is 11.9 Å². The summed E-state index contributed by atoms with van der Waals surface area (Å²) < 4.78 is 0. The number of anilines is 1. The molecule has 0 radical (unpaired) electrons. The average molecular weight is 261 g/mol. The fraction of sp³-hybridized carbons (Fsp3) is 0.0526. The predicted molar refractivity (Wildman–Crippen MR) is 89.6 cm³/mol. The first-order chi connectivity index (χ1) is 9.65. The summed E-state index contributed by atoms with van der Waals surface area (Å²) in [6.07, 6.45) is 1.77. The third-order valence-corrected chi connectivity index (χ3v) is 3.38. The van der Waals surface area contributed by atoms with Crippen LogP contribution in [0.25, 0.3) is 11.3 Å². The van der Waals surface area contributed by atoms with Crippen molar-refractivity contribution < 1.29 is 0 Å². The number of allylic oxidation sites excluding steroid dienone is 2. The van der Waals surface area contributed by atoms with E-state index in [9.17, 15) is 0 Å². The molecular formula is C19H19N. The molecule has 0 N–H and O–H groups in total. The molecule has 0 atom stereocenters. The quantitative estimate of drug-likeness (QED) is 0.685. The molecule has 2 rings (SSSR count). The number of nitrogens with zero attached hydrogens (tertiary/aromatic N) is 1. The van der Waals surface area contributed by atoms with Crippen molar-refractivity contribution in [2.24, 2.45) is 0 Å². The Hall–Kier alpha value is -2.54. The van der Waals surface area contributed by atoms with Gasteiger partial charge in [-0.25, -0.2) is 0 Å². The van der Waals surface area contributed by atoms with Crippen LogP contribution < -0.4 is 4.90 Å². The van der Waals surface area contributed by atoms with E-state index in [1.165, 1.54) is 0 Å². The molecule has 0 aliphatic carbocycles. The van der Waals surface area contributed by atoms with Gasteiger partial charge in [0.25, 0.3) is 0 Å². The summed E-state index contributed by atoms with van der Waals surface area (Å²) in [5.74, 6) is 0. The summed E-state index contributed by atoms with van der Waals surface area (Å²) in [4.78, 5) is 2.08. The van der Waals surface area contributed by atoms with Gasteiger partial charge in [0.1, 0.15) is 0 Å². The molecule has 0 aliphatic rings. The van der Waals surface area contributed by atoms with Gasteiger partial charge in [0.2, 0.25) is 0 Å². The second-order valence-electron chi connectivity index (χ2n) is 4.62. The lowest BCUT2D eigenvalue weighted by Gasteiger charge is -2.24. The van der Waals surface area contributed by atoms with Crippen LogP contribution in [0.15, 0.2) is 80.4 Å². The maximum Gasteiger partial charge on any atom is 0.0414 e. The highest BCUT2D eigenvalue weighted by Crippen LogP contribution is 2.28. The van der Waals surface area contributed by atoms with Crippen LogP contribution in [0.5, 0.6) is 0 Å². The highest BCUT2D eigenvalue weighted by Gasteiger charge is 2.11. The molecule has 0 fully saturated rings. The van der Waals surface area contributed by atoms with Crippen molar-refractivity contribution in [3.05, 3.63) is 91.5 Å². The van der Waals surface area contributed by atoms with Gasteiger partial charge >= 0.3 is 0 Å². The van der Waals surface area contributed by atoms with Gasteiger partial charge in [-0.15, -0.1) is 0 Å². The van der Waals surface area contributed by atoms with Crippen molar-refractivity contribution in [3.8, 4) is 0 Å². The number of hydrogen-bond donors (Lipinski definition) is 0. The maximum atomic E-state index is 4.23. The summed E-state index contributed by atoms with van der Waals surface area (Å²) >= 11 is 0. The maximum absolute atomic E-state index is 4.23. The van der Waals surface area contributed by atoms with Gasteiger partial charge in [-0.2, -0.15) is 0 Å². The average Bonchev–Trinajstić information content (AvgIpc) is 2.53. The van der Waals surface area contributed by atoms with E-state index in [2.05, 4.69) is 42.8 Å². The van der Waals surface area contributed by atoms with Crippen molar-refractivity contribution in [1.82, 2.24) is 0 Å². The van der Waals surface area contributed by atoms with Crippen LogP contribution in [-0.4, -0.2) is 7.05 Å². The van der Waals surface area contributed by atoms with Crippen LogP contribution in [0.2, 0.25) is 0 Å². The first-order valence-electron chi connectivity index (χ1n) is 6.54. The van der Waals surface area contributed by atoms with Crippen LogP contribution in [0.1, 0.15) is 11.1 Å². The largest absolute Gasteiger partial charge is 0.345 e. The summed E-state index contributed by atoms with van der Waals surface area (Å²) in [7, 11) is 2.02. The molecule has 100 valence electrons. The lowest BCUT2D eigenvalue weighted by atomic mass is 9.98. The molecule has 0 bridgehead atoms. The smallest absolute Gasteiger partial charge is 0.0414 e. The van der Waals surface area contributed by atoms with E-state index in [0.717, 1.165) is 28.1 Å². The van der Waals surface area contributed by atoms with Crippen LogP contribution in [-0.2, 0) is 0 Å². The summed E-state index contributed by atoms with van der Waals surface area (Å²) in [5, 5.41) is 0. The molecule has 0 spiro atoms. The van der Waals surface area contributed by atoms with E-state index in [1.54, 1.807) is 6.08 Å². The Labute approximate surface area is 121 Å². The minimum absolute atomic E-state index is 0.906. The Kier molecular flexibility index (Phi) is 4.21. The zero-order valence-electron chi connectivity index (χ0n) is 11.8. The zero-order valence-corrected chi connectivity index (χ0v) is 11.8. The Morgan fingerprint density at radius 2 is 1.45 bits per heavy atom. The highest BCUT2D eigenvalue weighted by molar-refractivity contribution is 5.86. The summed E-state index contributed by atoms with van der Waals surface area (Å²) in [5.41, 5.74) is 5.09. The van der Waals surface area contributed by atoms with Crippen molar-refractivity contribution in [2.45, 2.75) is 0 Å². The summed E-state index contributed by atoms with van der Waals surface area (Å²) in [6, 6.07) is 18.3. The molecule has 1 nitrogen and oxygen atoms in total. The second-order valence-corrected chi connectivity index (χ2v) is 4.62. The Morgan fingerprint density at radius 3 is 2.05 bits per heavy atom. The van der Waals surface area contributed by atoms with Crippen molar-refractivity contribution in [3.63, 3.8) is 0 Å². The Bertz CT molecular complexity index is 638. The van der Waals surface area contributed by atoms with E-state index in [0.29, 0.717) is 0 Å². The molecule has 0 heterocycles. The molecule has 20 heavy (non-hydrogen) atoms. The van der Waals surface area contributed by atoms with E-state index >= 15 is 0 Å². The minimum atomic E-state index is 0.906. The molecule has 0 unspecified atom stereocenters. The number of hydrogen-bond acceptors (Lipinski definition) is 1. The molecule has 0 saturated heterocycles.